The predicted molar refractivity (Wildman–Crippen MR) is 77.7 cm³/mol. The number of ether oxygens (including phenoxy) is 2. The van der Waals surface area contributed by atoms with E-state index in [1.807, 2.05) is 12.1 Å². The van der Waals surface area contributed by atoms with E-state index in [2.05, 4.69) is 18.3 Å². The van der Waals surface area contributed by atoms with Gasteiger partial charge in [-0.05, 0) is 43.9 Å². The topological polar surface area (TPSA) is 54.3 Å². The maximum Gasteiger partial charge on any atom is 0.120 e. The van der Waals surface area contributed by atoms with Gasteiger partial charge in [-0.25, -0.2) is 0 Å². The molecule has 0 amide bonds. The average Bonchev–Trinajstić information content (AvgIpc) is 2.52. The van der Waals surface area contributed by atoms with Crippen molar-refractivity contribution in [2.75, 3.05) is 26.4 Å². The van der Waals surface area contributed by atoms with Gasteiger partial charge in [-0.3, -0.25) is 0 Å². The first-order valence-electron chi connectivity index (χ1n) is 7.23. The average molecular weight is 274 g/mol. The van der Waals surface area contributed by atoms with Crippen LogP contribution in [0.2, 0.25) is 0 Å². The Hall–Kier alpha value is -1.57. The van der Waals surface area contributed by atoms with Gasteiger partial charge in [0.05, 0.1) is 11.6 Å². The number of hydrogen-bond acceptors (Lipinski definition) is 4. The molecule has 1 N–H and O–H groups in total. The zero-order valence-electron chi connectivity index (χ0n) is 12.0. The van der Waals surface area contributed by atoms with E-state index in [4.69, 9.17) is 14.7 Å². The zero-order valence-corrected chi connectivity index (χ0v) is 12.0. The molecule has 20 heavy (non-hydrogen) atoms. The van der Waals surface area contributed by atoms with Gasteiger partial charge in [-0.2, -0.15) is 5.26 Å². The first-order valence-corrected chi connectivity index (χ1v) is 7.23. The zero-order chi connectivity index (χ0) is 14.2. The highest BCUT2D eigenvalue weighted by atomic mass is 16.5. The molecule has 4 nitrogen and oxygen atoms in total. The second kappa shape index (κ2) is 7.88. The molecule has 1 aromatic rings. The number of rotatable bonds is 6. The summed E-state index contributed by atoms with van der Waals surface area (Å²) < 4.78 is 11.0. The summed E-state index contributed by atoms with van der Waals surface area (Å²) in [4.78, 5) is 0. The standard InChI is InChI=1S/C16H22N2O2/c1-13(15-5-8-19-9-6-15)18-7-10-20-16-4-2-3-14(11-16)12-17/h2-4,11,13,15,18H,5-10H2,1H3. The second-order valence-electron chi connectivity index (χ2n) is 5.18. The van der Waals surface area contributed by atoms with E-state index in [1.54, 1.807) is 12.1 Å². The van der Waals surface area contributed by atoms with Crippen LogP contribution in [0.1, 0.15) is 25.3 Å². The maximum atomic E-state index is 8.82. The van der Waals surface area contributed by atoms with Crippen molar-refractivity contribution in [2.45, 2.75) is 25.8 Å². The monoisotopic (exact) mass is 274 g/mol. The Morgan fingerprint density at radius 3 is 3.00 bits per heavy atom. The van der Waals surface area contributed by atoms with E-state index in [1.165, 1.54) is 0 Å². The predicted octanol–water partition coefficient (Wildman–Crippen LogP) is 2.34. The van der Waals surface area contributed by atoms with Crippen LogP contribution in [0.5, 0.6) is 5.75 Å². The Labute approximate surface area is 120 Å². The maximum absolute atomic E-state index is 8.82. The lowest BCUT2D eigenvalue weighted by Crippen LogP contribution is -2.38. The summed E-state index contributed by atoms with van der Waals surface area (Å²) in [6.45, 7) is 5.42. The summed E-state index contributed by atoms with van der Waals surface area (Å²) in [6.07, 6.45) is 2.28. The molecule has 1 aliphatic rings. The van der Waals surface area contributed by atoms with Crippen LogP contribution in [0.15, 0.2) is 24.3 Å². The highest BCUT2D eigenvalue weighted by Gasteiger charge is 2.19. The largest absolute Gasteiger partial charge is 0.492 e. The molecule has 0 spiro atoms. The number of nitriles is 1. The minimum Gasteiger partial charge on any atom is -0.492 e. The molecular weight excluding hydrogens is 252 g/mol. The Kier molecular flexibility index (Phi) is 5.85. The molecule has 0 saturated carbocycles. The van der Waals surface area contributed by atoms with Crippen LogP contribution in [-0.2, 0) is 4.74 Å². The van der Waals surface area contributed by atoms with Gasteiger partial charge < -0.3 is 14.8 Å². The van der Waals surface area contributed by atoms with E-state index >= 15 is 0 Å². The fourth-order valence-corrected chi connectivity index (χ4v) is 2.49. The summed E-state index contributed by atoms with van der Waals surface area (Å²) in [5, 5.41) is 12.3. The van der Waals surface area contributed by atoms with E-state index < -0.39 is 0 Å². The van der Waals surface area contributed by atoms with Gasteiger partial charge in [0, 0.05) is 25.8 Å². The van der Waals surface area contributed by atoms with E-state index in [0.717, 1.165) is 38.3 Å². The molecule has 0 bridgehead atoms. The molecule has 2 rings (SSSR count). The second-order valence-corrected chi connectivity index (χ2v) is 5.18. The van der Waals surface area contributed by atoms with Crippen LogP contribution in [0.25, 0.3) is 0 Å². The van der Waals surface area contributed by atoms with E-state index in [-0.39, 0.29) is 0 Å². The van der Waals surface area contributed by atoms with Crippen molar-refractivity contribution in [3.63, 3.8) is 0 Å². The Morgan fingerprint density at radius 1 is 1.45 bits per heavy atom. The normalized spacial score (nSPS) is 17.4. The fraction of sp³-hybridized carbons (Fsp3) is 0.562. The van der Waals surface area contributed by atoms with Crippen molar-refractivity contribution in [1.29, 1.82) is 5.26 Å². The lowest BCUT2D eigenvalue weighted by molar-refractivity contribution is 0.0556. The van der Waals surface area contributed by atoms with Crippen molar-refractivity contribution in [2.24, 2.45) is 5.92 Å². The van der Waals surface area contributed by atoms with Crippen LogP contribution in [0.4, 0.5) is 0 Å². The highest BCUT2D eigenvalue weighted by Crippen LogP contribution is 2.18. The lowest BCUT2D eigenvalue weighted by Gasteiger charge is -2.28. The number of hydrogen-bond donors (Lipinski definition) is 1. The molecule has 1 atom stereocenters. The minimum absolute atomic E-state index is 0.493. The first-order chi connectivity index (χ1) is 9.79. The number of nitrogens with one attached hydrogen (secondary N) is 1. The van der Waals surface area contributed by atoms with Crippen molar-refractivity contribution in [1.82, 2.24) is 5.32 Å². The van der Waals surface area contributed by atoms with Crippen LogP contribution < -0.4 is 10.1 Å². The van der Waals surface area contributed by atoms with Crippen LogP contribution in [0, 0.1) is 17.2 Å². The SMILES string of the molecule is CC(NCCOc1cccc(C#N)c1)C1CCOCC1. The Morgan fingerprint density at radius 2 is 2.25 bits per heavy atom. The van der Waals surface area contributed by atoms with Gasteiger partial charge in [0.1, 0.15) is 12.4 Å². The molecule has 1 unspecified atom stereocenters. The first kappa shape index (κ1) is 14.8. The smallest absolute Gasteiger partial charge is 0.120 e. The van der Waals surface area contributed by atoms with Crippen LogP contribution in [-0.4, -0.2) is 32.4 Å². The highest BCUT2D eigenvalue weighted by molar-refractivity contribution is 5.36. The Bertz CT molecular complexity index is 450. The summed E-state index contributed by atoms with van der Waals surface area (Å²) in [7, 11) is 0. The summed E-state index contributed by atoms with van der Waals surface area (Å²) in [6, 6.07) is 9.86. The molecule has 1 fully saturated rings. The molecule has 1 saturated heterocycles. The van der Waals surface area contributed by atoms with Crippen molar-refractivity contribution >= 4 is 0 Å². The third-order valence-corrected chi connectivity index (χ3v) is 3.77. The van der Waals surface area contributed by atoms with Gasteiger partial charge in [-0.1, -0.05) is 6.07 Å². The summed E-state index contributed by atoms with van der Waals surface area (Å²) in [5.41, 5.74) is 0.631. The van der Waals surface area contributed by atoms with Crippen molar-refractivity contribution in [3.8, 4) is 11.8 Å². The molecule has 108 valence electrons. The molecule has 1 heterocycles. The van der Waals surface area contributed by atoms with Gasteiger partial charge in [0.25, 0.3) is 0 Å². The molecule has 0 aliphatic carbocycles. The minimum atomic E-state index is 0.493. The van der Waals surface area contributed by atoms with E-state index in [0.29, 0.717) is 24.1 Å². The Balaban J connectivity index is 1.66. The third-order valence-electron chi connectivity index (χ3n) is 3.77. The van der Waals surface area contributed by atoms with Crippen molar-refractivity contribution in [3.05, 3.63) is 29.8 Å². The number of benzene rings is 1. The fourth-order valence-electron chi connectivity index (χ4n) is 2.49. The van der Waals surface area contributed by atoms with Crippen LogP contribution in [0.3, 0.4) is 0 Å². The van der Waals surface area contributed by atoms with E-state index in [9.17, 15) is 0 Å². The third kappa shape index (κ3) is 4.52. The lowest BCUT2D eigenvalue weighted by atomic mass is 9.93. The van der Waals surface area contributed by atoms with Gasteiger partial charge in [0.2, 0.25) is 0 Å². The van der Waals surface area contributed by atoms with Gasteiger partial charge in [0.15, 0.2) is 0 Å². The molecular formula is C16H22N2O2. The van der Waals surface area contributed by atoms with Crippen molar-refractivity contribution < 1.29 is 9.47 Å². The molecule has 0 aromatic heterocycles. The summed E-state index contributed by atoms with van der Waals surface area (Å²) in [5.74, 6) is 1.45. The van der Waals surface area contributed by atoms with Gasteiger partial charge in [-0.15, -0.1) is 0 Å². The van der Waals surface area contributed by atoms with Crippen LogP contribution >= 0.6 is 0 Å². The van der Waals surface area contributed by atoms with Gasteiger partial charge >= 0.3 is 0 Å². The molecule has 4 heteroatoms. The quantitative estimate of drug-likeness (QED) is 0.809. The summed E-state index contributed by atoms with van der Waals surface area (Å²) >= 11 is 0. The molecule has 1 aromatic carbocycles. The number of nitrogens with zero attached hydrogens (tertiary/aromatic N) is 1. The molecule has 0 radical (unpaired) electrons. The molecule has 1 aliphatic heterocycles.